The Labute approximate surface area is 145 Å². The maximum atomic E-state index is 11.7. The lowest BCUT2D eigenvalue weighted by Crippen LogP contribution is -2.61. The number of benzene rings is 1. The zero-order valence-corrected chi connectivity index (χ0v) is 14.7. The number of carbonyl (C=O) groups excluding carboxylic acids is 1. The predicted octanol–water partition coefficient (Wildman–Crippen LogP) is 1.49. The molecule has 2 aliphatic rings. The molecule has 2 aliphatic heterocycles. The second-order valence-corrected chi connectivity index (χ2v) is 7.06. The molecule has 2 fully saturated rings. The third kappa shape index (κ3) is 4.35. The number of rotatable bonds is 5. The van der Waals surface area contributed by atoms with Crippen LogP contribution in [0, 0.1) is 0 Å². The lowest BCUT2D eigenvalue weighted by molar-refractivity contribution is -0.121. The van der Waals surface area contributed by atoms with Crippen molar-refractivity contribution in [2.45, 2.75) is 31.4 Å². The fourth-order valence-corrected chi connectivity index (χ4v) is 3.83. The highest BCUT2D eigenvalue weighted by Crippen LogP contribution is 2.30. The quantitative estimate of drug-likeness (QED) is 0.831. The van der Waals surface area contributed by atoms with Crippen molar-refractivity contribution in [3.05, 3.63) is 35.9 Å². The van der Waals surface area contributed by atoms with Gasteiger partial charge in [0.1, 0.15) is 0 Å². The average Bonchev–Trinajstić information content (AvgIpc) is 2.78. The highest BCUT2D eigenvalue weighted by atomic mass is 16.5. The van der Waals surface area contributed by atoms with E-state index >= 15 is 0 Å². The topological polar surface area (TPSA) is 44.8 Å². The van der Waals surface area contributed by atoms with E-state index in [1.54, 1.807) is 0 Å². The van der Waals surface area contributed by atoms with E-state index in [0.29, 0.717) is 13.0 Å². The molecule has 0 aliphatic carbocycles. The van der Waals surface area contributed by atoms with Crippen LogP contribution in [-0.4, -0.2) is 67.6 Å². The summed E-state index contributed by atoms with van der Waals surface area (Å²) in [5.74, 6) is 0.198. The number of nitrogens with zero attached hydrogens (tertiary/aromatic N) is 2. The van der Waals surface area contributed by atoms with Crippen molar-refractivity contribution < 1.29 is 9.53 Å². The molecule has 24 heavy (non-hydrogen) atoms. The summed E-state index contributed by atoms with van der Waals surface area (Å²) in [5, 5.41) is 3.01. The average molecular weight is 331 g/mol. The maximum Gasteiger partial charge on any atom is 0.220 e. The van der Waals surface area contributed by atoms with Gasteiger partial charge in [-0.05, 0) is 25.5 Å². The standard InChI is InChI=1S/C19H29N3O2/c1-21-11-12-22(13-14-24-15-17-5-3-2-4-6-17)16-19(21)8-7-18(23)20-10-9-19/h2-6H,7-16H2,1H3,(H,20,23)/t19-/m0/s1. The smallest absolute Gasteiger partial charge is 0.220 e. The molecule has 1 N–H and O–H groups in total. The summed E-state index contributed by atoms with van der Waals surface area (Å²) < 4.78 is 5.85. The van der Waals surface area contributed by atoms with Gasteiger partial charge in [-0.1, -0.05) is 30.3 Å². The Kier molecular flexibility index (Phi) is 5.87. The first-order chi connectivity index (χ1) is 11.7. The van der Waals surface area contributed by atoms with E-state index in [0.717, 1.165) is 52.2 Å². The summed E-state index contributed by atoms with van der Waals surface area (Å²) >= 11 is 0. The van der Waals surface area contributed by atoms with Crippen LogP contribution < -0.4 is 5.32 Å². The van der Waals surface area contributed by atoms with E-state index in [2.05, 4.69) is 34.3 Å². The van der Waals surface area contributed by atoms with Crippen LogP contribution in [0.3, 0.4) is 0 Å². The van der Waals surface area contributed by atoms with Gasteiger partial charge in [0, 0.05) is 44.7 Å². The number of amides is 1. The summed E-state index contributed by atoms with van der Waals surface area (Å²) in [5.41, 5.74) is 1.36. The molecule has 1 atom stereocenters. The zero-order chi connectivity index (χ0) is 16.8. The molecule has 1 spiro atoms. The van der Waals surface area contributed by atoms with Gasteiger partial charge in [-0.2, -0.15) is 0 Å². The van der Waals surface area contributed by atoms with Crippen LogP contribution >= 0.6 is 0 Å². The summed E-state index contributed by atoms with van der Waals surface area (Å²) in [6.45, 7) is 6.36. The summed E-state index contributed by atoms with van der Waals surface area (Å²) in [6, 6.07) is 10.3. The first-order valence-corrected chi connectivity index (χ1v) is 9.00. The largest absolute Gasteiger partial charge is 0.375 e. The van der Waals surface area contributed by atoms with Crippen LogP contribution in [0.5, 0.6) is 0 Å². The van der Waals surface area contributed by atoms with Crippen molar-refractivity contribution in [2.75, 3.05) is 46.4 Å². The number of hydrogen-bond acceptors (Lipinski definition) is 4. The molecule has 3 rings (SSSR count). The molecule has 5 heteroatoms. The lowest BCUT2D eigenvalue weighted by atomic mass is 9.86. The normalized spacial score (nSPS) is 26.3. The van der Waals surface area contributed by atoms with Crippen molar-refractivity contribution in [3.8, 4) is 0 Å². The Morgan fingerprint density at radius 3 is 2.88 bits per heavy atom. The Morgan fingerprint density at radius 2 is 2.04 bits per heavy atom. The van der Waals surface area contributed by atoms with Gasteiger partial charge in [0.15, 0.2) is 0 Å². The van der Waals surface area contributed by atoms with Gasteiger partial charge in [0.2, 0.25) is 5.91 Å². The predicted molar refractivity (Wildman–Crippen MR) is 94.8 cm³/mol. The minimum atomic E-state index is 0.136. The molecule has 0 saturated carbocycles. The second kappa shape index (κ2) is 8.10. The SMILES string of the molecule is CN1CCN(CCOCc2ccccc2)C[C@]12CCNC(=O)CC2. The number of hydrogen-bond donors (Lipinski definition) is 1. The molecule has 2 heterocycles. The van der Waals surface area contributed by atoms with E-state index in [1.165, 1.54) is 5.56 Å². The summed E-state index contributed by atoms with van der Waals surface area (Å²) in [7, 11) is 2.21. The Morgan fingerprint density at radius 1 is 1.21 bits per heavy atom. The molecular weight excluding hydrogens is 302 g/mol. The lowest BCUT2D eigenvalue weighted by Gasteiger charge is -2.49. The molecule has 0 aromatic heterocycles. The third-order valence-corrected chi connectivity index (χ3v) is 5.47. The van der Waals surface area contributed by atoms with Crippen LogP contribution in [0.25, 0.3) is 0 Å². The maximum absolute atomic E-state index is 11.7. The van der Waals surface area contributed by atoms with Crippen molar-refractivity contribution in [2.24, 2.45) is 0 Å². The third-order valence-electron chi connectivity index (χ3n) is 5.47. The molecule has 1 aromatic carbocycles. The van der Waals surface area contributed by atoms with E-state index in [1.807, 2.05) is 18.2 Å². The highest BCUT2D eigenvalue weighted by molar-refractivity contribution is 5.76. The zero-order valence-electron chi connectivity index (χ0n) is 14.7. The first-order valence-electron chi connectivity index (χ1n) is 9.00. The van der Waals surface area contributed by atoms with Gasteiger partial charge in [-0.15, -0.1) is 0 Å². The second-order valence-electron chi connectivity index (χ2n) is 7.06. The summed E-state index contributed by atoms with van der Waals surface area (Å²) in [6.07, 6.45) is 2.63. The van der Waals surface area contributed by atoms with Crippen LogP contribution in [0.15, 0.2) is 30.3 Å². The molecule has 0 unspecified atom stereocenters. The van der Waals surface area contributed by atoms with Crippen molar-refractivity contribution in [3.63, 3.8) is 0 Å². The Balaban J connectivity index is 1.47. The number of nitrogens with one attached hydrogen (secondary N) is 1. The van der Waals surface area contributed by atoms with Gasteiger partial charge >= 0.3 is 0 Å². The molecule has 2 saturated heterocycles. The fourth-order valence-electron chi connectivity index (χ4n) is 3.83. The molecule has 0 bridgehead atoms. The van der Waals surface area contributed by atoms with Crippen LogP contribution in [0.1, 0.15) is 24.8 Å². The summed E-state index contributed by atoms with van der Waals surface area (Å²) in [4.78, 5) is 16.6. The van der Waals surface area contributed by atoms with E-state index in [9.17, 15) is 4.79 Å². The van der Waals surface area contributed by atoms with Gasteiger partial charge in [-0.3, -0.25) is 14.6 Å². The van der Waals surface area contributed by atoms with E-state index in [-0.39, 0.29) is 11.4 Å². The molecule has 1 amide bonds. The van der Waals surface area contributed by atoms with Crippen molar-refractivity contribution >= 4 is 5.91 Å². The monoisotopic (exact) mass is 331 g/mol. The highest BCUT2D eigenvalue weighted by Gasteiger charge is 2.40. The van der Waals surface area contributed by atoms with Gasteiger partial charge in [0.05, 0.1) is 13.2 Å². The molecule has 0 radical (unpaired) electrons. The van der Waals surface area contributed by atoms with E-state index < -0.39 is 0 Å². The van der Waals surface area contributed by atoms with Gasteiger partial charge in [-0.25, -0.2) is 0 Å². The molecule has 5 nitrogen and oxygen atoms in total. The first kappa shape index (κ1) is 17.4. The number of likely N-dealkylation sites (N-methyl/N-ethyl adjacent to an activating group) is 1. The minimum Gasteiger partial charge on any atom is -0.375 e. The molecule has 1 aromatic rings. The van der Waals surface area contributed by atoms with Crippen molar-refractivity contribution in [1.82, 2.24) is 15.1 Å². The number of ether oxygens (including phenoxy) is 1. The fraction of sp³-hybridized carbons (Fsp3) is 0.632. The van der Waals surface area contributed by atoms with E-state index in [4.69, 9.17) is 4.74 Å². The molecule has 132 valence electrons. The molecular formula is C19H29N3O2. The van der Waals surface area contributed by atoms with Gasteiger partial charge < -0.3 is 10.1 Å². The Hall–Kier alpha value is -1.43. The minimum absolute atomic E-state index is 0.136. The Bertz CT molecular complexity index is 537. The van der Waals surface area contributed by atoms with Crippen LogP contribution in [0.4, 0.5) is 0 Å². The van der Waals surface area contributed by atoms with Crippen LogP contribution in [0.2, 0.25) is 0 Å². The number of carbonyl (C=O) groups is 1. The van der Waals surface area contributed by atoms with Crippen molar-refractivity contribution in [1.29, 1.82) is 0 Å². The van der Waals surface area contributed by atoms with Gasteiger partial charge in [0.25, 0.3) is 0 Å². The van der Waals surface area contributed by atoms with Crippen LogP contribution in [-0.2, 0) is 16.1 Å². The number of piperazine rings is 1.